The number of anilines is 1. The van der Waals surface area contributed by atoms with Crippen molar-refractivity contribution in [3.05, 3.63) is 65.2 Å². The Morgan fingerprint density at radius 1 is 1.19 bits per heavy atom. The number of piperidine rings is 1. The van der Waals surface area contributed by atoms with Gasteiger partial charge in [-0.25, -0.2) is 4.79 Å². The number of nitrogens with zero attached hydrogens (tertiary/aromatic N) is 1. The van der Waals surface area contributed by atoms with E-state index in [2.05, 4.69) is 16.0 Å². The standard InChI is InChI=1S/C24H28F3N5O4/c1-32-10-9-19(30-23(35)36-14-15-5-3-2-4-6-15)20(12-32)29-21(13-33)31-22(34)17-11-16(24(25,26)27)7-8-18(17)28/h2-8,11,13,19-21,29H,9-10,12,14,28H2,1H3,(H,30,35)(H,31,34)/t19-,20+,21?/m1/s1. The van der Waals surface area contributed by atoms with Crippen LogP contribution in [0.5, 0.6) is 0 Å². The van der Waals surface area contributed by atoms with Crippen LogP contribution in [0.2, 0.25) is 0 Å². The van der Waals surface area contributed by atoms with E-state index >= 15 is 0 Å². The van der Waals surface area contributed by atoms with E-state index in [4.69, 9.17) is 10.5 Å². The highest BCUT2D eigenvalue weighted by Crippen LogP contribution is 2.31. The number of likely N-dealkylation sites (N-methyl/N-ethyl adjacent to an activating group) is 1. The molecule has 1 aliphatic heterocycles. The summed E-state index contributed by atoms with van der Waals surface area (Å²) in [7, 11) is 1.86. The van der Waals surface area contributed by atoms with Gasteiger partial charge in [0.15, 0.2) is 6.29 Å². The lowest BCUT2D eigenvalue weighted by Gasteiger charge is -2.38. The largest absolute Gasteiger partial charge is 0.445 e. The molecule has 1 saturated heterocycles. The molecule has 0 spiro atoms. The van der Waals surface area contributed by atoms with Gasteiger partial charge in [0.1, 0.15) is 12.8 Å². The quantitative estimate of drug-likeness (QED) is 0.245. The van der Waals surface area contributed by atoms with Crippen molar-refractivity contribution in [3.63, 3.8) is 0 Å². The maximum Gasteiger partial charge on any atom is 0.416 e. The molecule has 1 fully saturated rings. The molecule has 1 heterocycles. The van der Waals surface area contributed by atoms with E-state index in [1.807, 2.05) is 42.3 Å². The number of carbonyl (C=O) groups is 3. The Balaban J connectivity index is 1.63. The molecule has 3 rings (SSSR count). The number of likely N-dealkylation sites (tertiary alicyclic amines) is 1. The van der Waals surface area contributed by atoms with E-state index in [1.165, 1.54) is 0 Å². The minimum Gasteiger partial charge on any atom is -0.445 e. The first-order valence-corrected chi connectivity index (χ1v) is 11.2. The predicted molar refractivity (Wildman–Crippen MR) is 126 cm³/mol. The lowest BCUT2D eigenvalue weighted by molar-refractivity contribution is -0.137. The average Bonchev–Trinajstić information content (AvgIpc) is 2.84. The number of halogens is 3. The average molecular weight is 508 g/mol. The summed E-state index contributed by atoms with van der Waals surface area (Å²) >= 11 is 0. The summed E-state index contributed by atoms with van der Waals surface area (Å²) < 4.78 is 44.4. The van der Waals surface area contributed by atoms with Crippen LogP contribution in [0.25, 0.3) is 0 Å². The van der Waals surface area contributed by atoms with Gasteiger partial charge >= 0.3 is 12.3 Å². The topological polar surface area (TPSA) is 126 Å². The third-order valence-electron chi connectivity index (χ3n) is 5.77. The maximum atomic E-state index is 13.0. The fourth-order valence-corrected chi connectivity index (χ4v) is 3.87. The van der Waals surface area contributed by atoms with Crippen molar-refractivity contribution >= 4 is 24.0 Å². The monoisotopic (exact) mass is 507 g/mol. The fraction of sp³-hybridized carbons (Fsp3) is 0.375. The van der Waals surface area contributed by atoms with Gasteiger partial charge in [-0.05, 0) is 43.8 Å². The molecule has 0 bridgehead atoms. The smallest absolute Gasteiger partial charge is 0.416 e. The number of ether oxygens (including phenoxy) is 1. The highest BCUT2D eigenvalue weighted by atomic mass is 19.4. The van der Waals surface area contributed by atoms with Crippen molar-refractivity contribution in [2.75, 3.05) is 25.9 Å². The Kier molecular flexibility index (Phi) is 8.88. The summed E-state index contributed by atoms with van der Waals surface area (Å²) in [5, 5.41) is 8.10. The molecule has 2 amide bonds. The van der Waals surface area contributed by atoms with Gasteiger partial charge < -0.3 is 26.0 Å². The van der Waals surface area contributed by atoms with E-state index in [9.17, 15) is 27.6 Å². The van der Waals surface area contributed by atoms with Crippen molar-refractivity contribution in [2.45, 2.75) is 37.5 Å². The van der Waals surface area contributed by atoms with Crippen LogP contribution in [-0.2, 0) is 22.3 Å². The Labute approximate surface area is 206 Å². The highest BCUT2D eigenvalue weighted by Gasteiger charge is 2.33. The van der Waals surface area contributed by atoms with Gasteiger partial charge in [-0.1, -0.05) is 30.3 Å². The van der Waals surface area contributed by atoms with Crippen LogP contribution in [0.1, 0.15) is 27.9 Å². The molecule has 194 valence electrons. The first-order valence-electron chi connectivity index (χ1n) is 11.2. The third-order valence-corrected chi connectivity index (χ3v) is 5.77. The Bertz CT molecular complexity index is 1070. The van der Waals surface area contributed by atoms with Gasteiger partial charge in [-0.15, -0.1) is 0 Å². The number of amides is 2. The number of nitrogens with one attached hydrogen (secondary N) is 3. The summed E-state index contributed by atoms with van der Waals surface area (Å²) in [4.78, 5) is 38.7. The van der Waals surface area contributed by atoms with Gasteiger partial charge in [0, 0.05) is 18.3 Å². The van der Waals surface area contributed by atoms with E-state index in [-0.39, 0.29) is 12.3 Å². The normalized spacial score (nSPS) is 19.2. The molecule has 2 aromatic carbocycles. The van der Waals surface area contributed by atoms with E-state index < -0.39 is 47.6 Å². The van der Waals surface area contributed by atoms with Crippen LogP contribution < -0.4 is 21.7 Å². The summed E-state index contributed by atoms with van der Waals surface area (Å²) in [6, 6.07) is 10.6. The van der Waals surface area contributed by atoms with Gasteiger partial charge in [0.25, 0.3) is 5.91 Å². The number of hydrogen-bond acceptors (Lipinski definition) is 7. The predicted octanol–water partition coefficient (Wildman–Crippen LogP) is 2.13. The lowest BCUT2D eigenvalue weighted by atomic mass is 9.99. The molecule has 0 aliphatic carbocycles. The van der Waals surface area contributed by atoms with Gasteiger partial charge in [0.2, 0.25) is 0 Å². The number of benzene rings is 2. The van der Waals surface area contributed by atoms with Crippen molar-refractivity contribution in [1.29, 1.82) is 0 Å². The van der Waals surface area contributed by atoms with Crippen molar-refractivity contribution < 1.29 is 32.3 Å². The van der Waals surface area contributed by atoms with Gasteiger partial charge in [-0.3, -0.25) is 14.9 Å². The third kappa shape index (κ3) is 7.43. The number of alkyl halides is 3. The van der Waals surface area contributed by atoms with E-state index in [0.29, 0.717) is 31.9 Å². The summed E-state index contributed by atoms with van der Waals surface area (Å²) in [5.74, 6) is -0.945. The number of nitrogen functional groups attached to an aromatic ring is 1. The van der Waals surface area contributed by atoms with E-state index in [1.54, 1.807) is 0 Å². The second-order valence-corrected chi connectivity index (χ2v) is 8.52. The molecule has 0 aromatic heterocycles. The number of carbonyl (C=O) groups excluding carboxylic acids is 3. The molecule has 0 saturated carbocycles. The summed E-state index contributed by atoms with van der Waals surface area (Å²) in [5.41, 5.74) is 4.91. The second-order valence-electron chi connectivity index (χ2n) is 8.52. The molecule has 2 aromatic rings. The first-order chi connectivity index (χ1) is 17.1. The molecule has 0 radical (unpaired) electrons. The van der Waals surface area contributed by atoms with Crippen molar-refractivity contribution in [1.82, 2.24) is 20.9 Å². The molecule has 5 N–H and O–H groups in total. The molecular weight excluding hydrogens is 479 g/mol. The number of rotatable bonds is 8. The van der Waals surface area contributed by atoms with Gasteiger partial charge in [0.05, 0.1) is 17.2 Å². The number of aldehydes is 1. The maximum absolute atomic E-state index is 13.0. The van der Waals surface area contributed by atoms with Crippen LogP contribution in [0, 0.1) is 0 Å². The second kappa shape index (κ2) is 11.9. The van der Waals surface area contributed by atoms with Crippen LogP contribution in [0.3, 0.4) is 0 Å². The van der Waals surface area contributed by atoms with Crippen LogP contribution in [-0.4, -0.2) is 61.6 Å². The van der Waals surface area contributed by atoms with Crippen molar-refractivity contribution in [3.8, 4) is 0 Å². The van der Waals surface area contributed by atoms with Crippen LogP contribution >= 0.6 is 0 Å². The highest BCUT2D eigenvalue weighted by molar-refractivity contribution is 6.00. The number of nitrogens with two attached hydrogens (primary N) is 1. The molecule has 9 nitrogen and oxygen atoms in total. The van der Waals surface area contributed by atoms with E-state index in [0.717, 1.165) is 17.7 Å². The molecule has 12 heteroatoms. The molecule has 1 aliphatic rings. The first kappa shape index (κ1) is 27.0. The zero-order valence-corrected chi connectivity index (χ0v) is 19.5. The van der Waals surface area contributed by atoms with Crippen molar-refractivity contribution in [2.24, 2.45) is 0 Å². The Morgan fingerprint density at radius 2 is 1.92 bits per heavy atom. The van der Waals surface area contributed by atoms with Gasteiger partial charge in [-0.2, -0.15) is 13.2 Å². The lowest BCUT2D eigenvalue weighted by Crippen LogP contribution is -2.63. The molecule has 36 heavy (non-hydrogen) atoms. The summed E-state index contributed by atoms with van der Waals surface area (Å²) in [6.07, 6.45) is -5.59. The summed E-state index contributed by atoms with van der Waals surface area (Å²) in [6.45, 7) is 1.18. The number of alkyl carbamates (subject to hydrolysis) is 1. The minimum absolute atomic E-state index is 0.0861. The molecular formula is C24H28F3N5O4. The Hall–Kier alpha value is -3.64. The Morgan fingerprint density at radius 3 is 2.58 bits per heavy atom. The molecule has 1 unspecified atom stereocenters. The SMILES string of the molecule is CN1CC[C@@H](NC(=O)OCc2ccccc2)[C@@H](NC(C=O)NC(=O)c2cc(C(F)(F)F)ccc2N)C1. The zero-order chi connectivity index (χ0) is 26.3. The number of hydrogen-bond donors (Lipinski definition) is 4. The van der Waals surface area contributed by atoms with Crippen LogP contribution in [0.15, 0.2) is 48.5 Å². The molecule has 3 atom stereocenters. The fourth-order valence-electron chi connectivity index (χ4n) is 3.87. The minimum atomic E-state index is -4.66. The van der Waals surface area contributed by atoms with Crippen LogP contribution in [0.4, 0.5) is 23.7 Å². The zero-order valence-electron chi connectivity index (χ0n) is 19.5.